The lowest BCUT2D eigenvalue weighted by Crippen LogP contribution is -2.14. The average molecular weight is 236 g/mol. The largest absolute Gasteiger partial charge is 0.387 e. The van der Waals surface area contributed by atoms with Gasteiger partial charge in [0.15, 0.2) is 5.13 Å². The Morgan fingerprint density at radius 1 is 1.50 bits per heavy atom. The van der Waals surface area contributed by atoms with E-state index in [-0.39, 0.29) is 0 Å². The van der Waals surface area contributed by atoms with Crippen LogP contribution in [0.4, 0.5) is 5.13 Å². The highest BCUT2D eigenvalue weighted by Gasteiger charge is 2.08. The first-order valence-electron chi connectivity index (χ1n) is 4.88. The van der Waals surface area contributed by atoms with Crippen molar-refractivity contribution < 1.29 is 9.90 Å². The smallest absolute Gasteiger partial charge is 0.251 e. The van der Waals surface area contributed by atoms with Crippen molar-refractivity contribution in [3.8, 4) is 0 Å². The maximum absolute atomic E-state index is 11.0. The number of fused-ring (bicyclic) bond motifs is 1. The summed E-state index contributed by atoms with van der Waals surface area (Å²) < 4.78 is 1.05. The maximum atomic E-state index is 11.0. The van der Waals surface area contributed by atoms with E-state index in [4.69, 9.17) is 5.11 Å². The third kappa shape index (κ3) is 2.05. The Bertz CT molecular complexity index is 548. The molecule has 0 atom stereocenters. The number of aliphatic hydroxyl groups excluding tert-OH is 1. The second kappa shape index (κ2) is 4.19. The highest BCUT2D eigenvalue weighted by Crippen LogP contribution is 2.29. The molecule has 0 unspecified atom stereocenters. The van der Waals surface area contributed by atoms with Gasteiger partial charge in [0.25, 0.3) is 5.91 Å². The molecule has 5 heteroatoms. The zero-order valence-corrected chi connectivity index (χ0v) is 9.89. The predicted octanol–water partition coefficient (Wildman–Crippen LogP) is 1.84. The molecule has 0 spiro atoms. The van der Waals surface area contributed by atoms with Gasteiger partial charge in [0, 0.05) is 0 Å². The number of aromatic nitrogens is 1. The van der Waals surface area contributed by atoms with E-state index in [0.717, 1.165) is 15.8 Å². The fraction of sp³-hybridized carbons (Fsp3) is 0.273. The number of benzene rings is 1. The summed E-state index contributed by atoms with van der Waals surface area (Å²) in [6.07, 6.45) is 0. The summed E-state index contributed by atoms with van der Waals surface area (Å²) in [6.45, 7) is 3.50. The highest BCUT2D eigenvalue weighted by molar-refractivity contribution is 7.22. The summed E-state index contributed by atoms with van der Waals surface area (Å²) in [5.74, 6) is -0.437. The number of anilines is 1. The number of hydrogen-bond acceptors (Lipinski definition) is 4. The van der Waals surface area contributed by atoms with E-state index in [1.54, 1.807) is 0 Å². The minimum absolute atomic E-state index is 0.437. The molecule has 0 radical (unpaired) electrons. The van der Waals surface area contributed by atoms with Crippen molar-refractivity contribution in [2.45, 2.75) is 13.8 Å². The van der Waals surface area contributed by atoms with Crippen molar-refractivity contribution in [3.05, 3.63) is 23.3 Å². The predicted molar refractivity (Wildman–Crippen MR) is 64.8 cm³/mol. The number of aryl methyl sites for hydroxylation is 2. The van der Waals surface area contributed by atoms with Crippen LogP contribution in [-0.4, -0.2) is 22.6 Å². The minimum atomic E-state index is -0.520. The van der Waals surface area contributed by atoms with Gasteiger partial charge in [-0.15, -0.1) is 0 Å². The standard InChI is InChI=1S/C11H12N2O2S/c1-6-3-7(2)10-8(4-6)16-11(13-10)12-9(15)5-14/h3-4,14H,5H2,1-2H3,(H,12,13,15). The summed E-state index contributed by atoms with van der Waals surface area (Å²) in [5.41, 5.74) is 3.17. The molecule has 2 N–H and O–H groups in total. The van der Waals surface area contributed by atoms with Gasteiger partial charge >= 0.3 is 0 Å². The molecule has 0 saturated carbocycles. The lowest BCUT2D eigenvalue weighted by Gasteiger charge is -1.96. The van der Waals surface area contributed by atoms with Crippen LogP contribution in [0.25, 0.3) is 10.2 Å². The third-order valence-electron chi connectivity index (χ3n) is 2.22. The summed E-state index contributed by atoms with van der Waals surface area (Å²) in [7, 11) is 0. The van der Waals surface area contributed by atoms with Crippen LogP contribution in [0.3, 0.4) is 0 Å². The summed E-state index contributed by atoms with van der Waals surface area (Å²) >= 11 is 1.42. The van der Waals surface area contributed by atoms with Crippen molar-refractivity contribution in [2.24, 2.45) is 0 Å². The molecule has 0 aliphatic heterocycles. The van der Waals surface area contributed by atoms with E-state index in [9.17, 15) is 4.79 Å². The molecule has 0 fully saturated rings. The van der Waals surface area contributed by atoms with Crippen molar-refractivity contribution in [2.75, 3.05) is 11.9 Å². The minimum Gasteiger partial charge on any atom is -0.387 e. The first kappa shape index (κ1) is 11.0. The molecule has 0 aliphatic rings. The van der Waals surface area contributed by atoms with E-state index in [1.165, 1.54) is 16.9 Å². The van der Waals surface area contributed by atoms with Crippen LogP contribution in [0.15, 0.2) is 12.1 Å². The molecule has 4 nitrogen and oxygen atoms in total. The molecule has 1 heterocycles. The van der Waals surface area contributed by atoms with Crippen molar-refractivity contribution in [3.63, 3.8) is 0 Å². The number of rotatable bonds is 2. The second-order valence-corrected chi connectivity index (χ2v) is 4.68. The van der Waals surface area contributed by atoms with Crippen LogP contribution >= 0.6 is 11.3 Å². The molecule has 2 rings (SSSR count). The van der Waals surface area contributed by atoms with Crippen LogP contribution in [0, 0.1) is 13.8 Å². The van der Waals surface area contributed by atoms with Crippen LogP contribution < -0.4 is 5.32 Å². The zero-order chi connectivity index (χ0) is 11.7. The maximum Gasteiger partial charge on any atom is 0.251 e. The van der Waals surface area contributed by atoms with E-state index < -0.39 is 12.5 Å². The van der Waals surface area contributed by atoms with Crippen LogP contribution in [0.1, 0.15) is 11.1 Å². The SMILES string of the molecule is Cc1cc(C)c2nc(NC(=O)CO)sc2c1. The van der Waals surface area contributed by atoms with Crippen molar-refractivity contribution >= 4 is 32.6 Å². The number of carbonyl (C=O) groups excluding carboxylic acids is 1. The lowest BCUT2D eigenvalue weighted by molar-refractivity contribution is -0.118. The molecular formula is C11H12N2O2S. The number of carbonyl (C=O) groups is 1. The number of hydrogen-bond donors (Lipinski definition) is 2. The summed E-state index contributed by atoms with van der Waals surface area (Å²) in [4.78, 5) is 15.3. The summed E-state index contributed by atoms with van der Waals surface area (Å²) in [6, 6.07) is 4.09. The van der Waals surface area contributed by atoms with Crippen LogP contribution in [-0.2, 0) is 4.79 Å². The van der Waals surface area contributed by atoms with E-state index >= 15 is 0 Å². The number of thiazole rings is 1. The van der Waals surface area contributed by atoms with Crippen molar-refractivity contribution in [1.29, 1.82) is 0 Å². The van der Waals surface area contributed by atoms with Crippen LogP contribution in [0.2, 0.25) is 0 Å². The van der Waals surface area contributed by atoms with Gasteiger partial charge in [-0.3, -0.25) is 10.1 Å². The Kier molecular flexibility index (Phi) is 2.89. The molecule has 1 amide bonds. The molecule has 16 heavy (non-hydrogen) atoms. The molecule has 1 aromatic carbocycles. The number of amides is 1. The fourth-order valence-corrected chi connectivity index (χ4v) is 2.64. The Hall–Kier alpha value is -1.46. The first-order chi connectivity index (χ1) is 7.60. The Morgan fingerprint density at radius 2 is 2.25 bits per heavy atom. The van der Waals surface area contributed by atoms with Gasteiger partial charge in [0.05, 0.1) is 10.2 Å². The van der Waals surface area contributed by atoms with Gasteiger partial charge in [-0.05, 0) is 31.0 Å². The van der Waals surface area contributed by atoms with Crippen LogP contribution in [0.5, 0.6) is 0 Å². The van der Waals surface area contributed by atoms with E-state index in [2.05, 4.69) is 16.4 Å². The monoisotopic (exact) mass is 236 g/mol. The fourth-order valence-electron chi connectivity index (χ4n) is 1.58. The summed E-state index contributed by atoms with van der Waals surface area (Å²) in [5, 5.41) is 11.7. The quantitative estimate of drug-likeness (QED) is 0.836. The third-order valence-corrected chi connectivity index (χ3v) is 3.14. The van der Waals surface area contributed by atoms with Gasteiger partial charge in [0.1, 0.15) is 6.61 Å². The average Bonchev–Trinajstić information content (AvgIpc) is 2.60. The topological polar surface area (TPSA) is 62.2 Å². The number of nitrogens with zero attached hydrogens (tertiary/aromatic N) is 1. The Balaban J connectivity index is 2.44. The molecule has 2 aromatic rings. The first-order valence-corrected chi connectivity index (χ1v) is 5.70. The van der Waals surface area contributed by atoms with Gasteiger partial charge in [-0.2, -0.15) is 0 Å². The Labute approximate surface area is 96.9 Å². The van der Waals surface area contributed by atoms with Crippen molar-refractivity contribution in [1.82, 2.24) is 4.98 Å². The van der Waals surface area contributed by atoms with Gasteiger partial charge in [-0.25, -0.2) is 4.98 Å². The molecule has 0 aliphatic carbocycles. The van der Waals surface area contributed by atoms with E-state index in [0.29, 0.717) is 5.13 Å². The van der Waals surface area contributed by atoms with E-state index in [1.807, 2.05) is 19.9 Å². The number of nitrogens with one attached hydrogen (secondary N) is 1. The number of aliphatic hydroxyl groups is 1. The molecule has 0 bridgehead atoms. The second-order valence-electron chi connectivity index (χ2n) is 3.65. The zero-order valence-electron chi connectivity index (χ0n) is 9.07. The normalized spacial score (nSPS) is 10.7. The highest BCUT2D eigenvalue weighted by atomic mass is 32.1. The van der Waals surface area contributed by atoms with Gasteiger partial charge < -0.3 is 5.11 Å². The molecule has 84 valence electrons. The lowest BCUT2D eigenvalue weighted by atomic mass is 10.1. The molecule has 1 aromatic heterocycles. The molecular weight excluding hydrogens is 224 g/mol. The molecule has 0 saturated heterocycles. The van der Waals surface area contributed by atoms with Gasteiger partial charge in [-0.1, -0.05) is 17.4 Å². The Morgan fingerprint density at radius 3 is 2.94 bits per heavy atom. The van der Waals surface area contributed by atoms with Gasteiger partial charge in [0.2, 0.25) is 0 Å².